The van der Waals surface area contributed by atoms with Gasteiger partial charge in [-0.1, -0.05) is 18.2 Å². The summed E-state index contributed by atoms with van der Waals surface area (Å²) in [7, 11) is 0. The number of ether oxygens (including phenoxy) is 1. The summed E-state index contributed by atoms with van der Waals surface area (Å²) in [6, 6.07) is 14.1. The van der Waals surface area contributed by atoms with E-state index in [1.165, 1.54) is 12.1 Å². The monoisotopic (exact) mass is 366 g/mol. The van der Waals surface area contributed by atoms with Crippen LogP contribution in [-0.4, -0.2) is 29.5 Å². The molecule has 1 aliphatic heterocycles. The second-order valence-corrected chi connectivity index (χ2v) is 6.59. The molecule has 1 aromatic heterocycles. The van der Waals surface area contributed by atoms with Crippen LogP contribution in [0.4, 0.5) is 4.39 Å². The SMILES string of the molecule is O=C(CCc1c(-c2ccc(F)cc2)[nH]c2ccccc12)O[C@H]1CCNC1=O. The zero-order valence-corrected chi connectivity index (χ0v) is 14.6. The Morgan fingerprint density at radius 1 is 1.15 bits per heavy atom. The molecule has 4 rings (SSSR count). The van der Waals surface area contributed by atoms with Crippen molar-refractivity contribution < 1.29 is 18.7 Å². The smallest absolute Gasteiger partial charge is 0.306 e. The molecule has 1 fully saturated rings. The number of fused-ring (bicyclic) bond motifs is 1. The molecule has 0 unspecified atom stereocenters. The minimum Gasteiger partial charge on any atom is -0.452 e. The number of esters is 1. The molecule has 0 radical (unpaired) electrons. The van der Waals surface area contributed by atoms with Crippen LogP contribution in [0.15, 0.2) is 48.5 Å². The fourth-order valence-electron chi connectivity index (χ4n) is 3.45. The van der Waals surface area contributed by atoms with Gasteiger partial charge in [0, 0.05) is 36.0 Å². The van der Waals surface area contributed by atoms with Crippen LogP contribution in [0.2, 0.25) is 0 Å². The third kappa shape index (κ3) is 3.56. The second-order valence-electron chi connectivity index (χ2n) is 6.59. The van der Waals surface area contributed by atoms with Crippen molar-refractivity contribution in [2.45, 2.75) is 25.4 Å². The Balaban J connectivity index is 1.58. The van der Waals surface area contributed by atoms with Crippen LogP contribution in [0.3, 0.4) is 0 Å². The Bertz CT molecular complexity index is 994. The highest BCUT2D eigenvalue weighted by Crippen LogP contribution is 2.31. The third-order valence-electron chi connectivity index (χ3n) is 4.80. The number of hydrogen-bond acceptors (Lipinski definition) is 3. The maximum Gasteiger partial charge on any atom is 0.306 e. The van der Waals surface area contributed by atoms with E-state index in [2.05, 4.69) is 10.3 Å². The standard InChI is InChI=1S/C21H19FN2O3/c22-14-7-5-13(6-8-14)20-16(15-3-1-2-4-17(15)24-20)9-10-19(25)27-18-11-12-23-21(18)26/h1-8,18,24H,9-12H2,(H,23,26)/t18-/m0/s1. The Morgan fingerprint density at radius 2 is 1.93 bits per heavy atom. The van der Waals surface area contributed by atoms with Gasteiger partial charge in [-0.05, 0) is 47.9 Å². The van der Waals surface area contributed by atoms with Crippen LogP contribution in [-0.2, 0) is 20.7 Å². The number of benzene rings is 2. The Kier molecular flexibility index (Phi) is 4.62. The molecular weight excluding hydrogens is 347 g/mol. The highest BCUT2D eigenvalue weighted by Gasteiger charge is 2.27. The van der Waals surface area contributed by atoms with E-state index in [1.54, 1.807) is 12.1 Å². The van der Waals surface area contributed by atoms with Crippen LogP contribution in [0.25, 0.3) is 22.2 Å². The number of aryl methyl sites for hydroxylation is 1. The summed E-state index contributed by atoms with van der Waals surface area (Å²) in [5.41, 5.74) is 3.65. The molecular formula is C21H19FN2O3. The van der Waals surface area contributed by atoms with E-state index < -0.39 is 12.1 Å². The molecule has 0 aliphatic carbocycles. The first-order chi connectivity index (χ1) is 13.1. The second kappa shape index (κ2) is 7.23. The van der Waals surface area contributed by atoms with Gasteiger partial charge in [0.2, 0.25) is 0 Å². The van der Waals surface area contributed by atoms with E-state index in [1.807, 2.05) is 24.3 Å². The molecule has 6 heteroatoms. The molecule has 3 aromatic rings. The van der Waals surface area contributed by atoms with E-state index in [0.29, 0.717) is 19.4 Å². The maximum atomic E-state index is 13.3. The zero-order valence-electron chi connectivity index (χ0n) is 14.6. The van der Waals surface area contributed by atoms with Crippen LogP contribution >= 0.6 is 0 Å². The lowest BCUT2D eigenvalue weighted by molar-refractivity contribution is -0.153. The van der Waals surface area contributed by atoms with E-state index in [4.69, 9.17) is 4.74 Å². The number of hydrogen-bond donors (Lipinski definition) is 2. The summed E-state index contributed by atoms with van der Waals surface area (Å²) in [6.07, 6.45) is 0.458. The molecule has 1 aliphatic rings. The average molecular weight is 366 g/mol. The number of halogens is 1. The van der Waals surface area contributed by atoms with Gasteiger partial charge >= 0.3 is 5.97 Å². The molecule has 1 amide bonds. The molecule has 2 aromatic carbocycles. The van der Waals surface area contributed by atoms with Crippen LogP contribution in [0.1, 0.15) is 18.4 Å². The molecule has 27 heavy (non-hydrogen) atoms. The van der Waals surface area contributed by atoms with Crippen molar-refractivity contribution in [1.82, 2.24) is 10.3 Å². The highest BCUT2D eigenvalue weighted by molar-refractivity contribution is 5.91. The molecule has 2 heterocycles. The maximum absolute atomic E-state index is 13.3. The van der Waals surface area contributed by atoms with Gasteiger partial charge < -0.3 is 15.0 Å². The molecule has 1 saturated heterocycles. The molecule has 138 valence electrons. The highest BCUT2D eigenvalue weighted by atomic mass is 19.1. The van der Waals surface area contributed by atoms with Crippen molar-refractivity contribution >= 4 is 22.8 Å². The van der Waals surface area contributed by atoms with Crippen LogP contribution in [0.5, 0.6) is 0 Å². The van der Waals surface area contributed by atoms with Crippen molar-refractivity contribution in [2.24, 2.45) is 0 Å². The average Bonchev–Trinajstić information content (AvgIpc) is 3.24. The number of rotatable bonds is 5. The van der Waals surface area contributed by atoms with Gasteiger partial charge in [0.1, 0.15) is 5.82 Å². The number of aromatic nitrogens is 1. The predicted molar refractivity (Wildman–Crippen MR) is 99.5 cm³/mol. The fourth-order valence-corrected chi connectivity index (χ4v) is 3.45. The lowest BCUT2D eigenvalue weighted by atomic mass is 10.0. The van der Waals surface area contributed by atoms with Crippen molar-refractivity contribution in [3.63, 3.8) is 0 Å². The van der Waals surface area contributed by atoms with Crippen molar-refractivity contribution in [3.05, 3.63) is 59.9 Å². The first-order valence-electron chi connectivity index (χ1n) is 8.94. The van der Waals surface area contributed by atoms with Crippen molar-refractivity contribution in [3.8, 4) is 11.3 Å². The minimum atomic E-state index is -0.683. The number of carbonyl (C=O) groups is 2. The summed E-state index contributed by atoms with van der Waals surface area (Å²) in [5.74, 6) is -0.926. The van der Waals surface area contributed by atoms with Gasteiger partial charge in [-0.15, -0.1) is 0 Å². The van der Waals surface area contributed by atoms with Gasteiger partial charge in [0.15, 0.2) is 6.10 Å². The van der Waals surface area contributed by atoms with Gasteiger partial charge in [0.05, 0.1) is 0 Å². The summed E-state index contributed by atoms with van der Waals surface area (Å²) >= 11 is 0. The van der Waals surface area contributed by atoms with E-state index in [-0.39, 0.29) is 18.1 Å². The van der Waals surface area contributed by atoms with E-state index in [0.717, 1.165) is 27.7 Å². The lowest BCUT2D eigenvalue weighted by Crippen LogP contribution is -2.27. The summed E-state index contributed by atoms with van der Waals surface area (Å²) in [5, 5.41) is 3.67. The van der Waals surface area contributed by atoms with Crippen LogP contribution < -0.4 is 5.32 Å². The quantitative estimate of drug-likeness (QED) is 0.681. The molecule has 0 saturated carbocycles. The number of para-hydroxylation sites is 1. The van der Waals surface area contributed by atoms with Gasteiger partial charge in [-0.2, -0.15) is 0 Å². The number of aromatic amines is 1. The Hall–Kier alpha value is -3.15. The lowest BCUT2D eigenvalue weighted by Gasteiger charge is -2.10. The van der Waals surface area contributed by atoms with Gasteiger partial charge in [0.25, 0.3) is 5.91 Å². The minimum absolute atomic E-state index is 0.166. The number of H-pyrrole nitrogens is 1. The van der Waals surface area contributed by atoms with Gasteiger partial charge in [-0.3, -0.25) is 9.59 Å². The normalized spacial score (nSPS) is 16.5. The number of nitrogens with one attached hydrogen (secondary N) is 2. The topological polar surface area (TPSA) is 71.2 Å². The third-order valence-corrected chi connectivity index (χ3v) is 4.80. The van der Waals surface area contributed by atoms with Crippen molar-refractivity contribution in [1.29, 1.82) is 0 Å². The molecule has 0 bridgehead atoms. The molecule has 5 nitrogen and oxygen atoms in total. The summed E-state index contributed by atoms with van der Waals surface area (Å²) < 4.78 is 18.6. The first kappa shape index (κ1) is 17.3. The summed E-state index contributed by atoms with van der Waals surface area (Å²) in [4.78, 5) is 27.1. The molecule has 1 atom stereocenters. The Morgan fingerprint density at radius 3 is 2.67 bits per heavy atom. The van der Waals surface area contributed by atoms with E-state index >= 15 is 0 Å². The van der Waals surface area contributed by atoms with Crippen LogP contribution in [0, 0.1) is 5.82 Å². The van der Waals surface area contributed by atoms with E-state index in [9.17, 15) is 14.0 Å². The van der Waals surface area contributed by atoms with Gasteiger partial charge in [-0.25, -0.2) is 4.39 Å². The predicted octanol–water partition coefficient (Wildman–Crippen LogP) is 3.34. The zero-order chi connectivity index (χ0) is 18.8. The molecule has 0 spiro atoms. The first-order valence-corrected chi connectivity index (χ1v) is 8.94. The number of carbonyl (C=O) groups excluding carboxylic acids is 2. The van der Waals surface area contributed by atoms with Crippen molar-refractivity contribution in [2.75, 3.05) is 6.54 Å². The summed E-state index contributed by atoms with van der Waals surface area (Å²) in [6.45, 7) is 0.536. The molecule has 2 N–H and O–H groups in total. The Labute approximate surface area is 155 Å². The number of amides is 1. The fraction of sp³-hybridized carbons (Fsp3) is 0.238. The largest absolute Gasteiger partial charge is 0.452 e.